The maximum absolute atomic E-state index is 12.3. The Hall–Kier alpha value is -6.55. The number of carbonyl (C=O) groups is 11. The van der Waals surface area contributed by atoms with E-state index in [-0.39, 0.29) is 58.9 Å². The monoisotopic (exact) mass is 974 g/mol. The minimum Gasteiger partial charge on any atom is -0.463 e. The zero-order valence-corrected chi connectivity index (χ0v) is 38.0. The van der Waals surface area contributed by atoms with Gasteiger partial charge in [-0.2, -0.15) is 0 Å². The first kappa shape index (κ1) is 60.5. The molecular weight excluding hydrogens is 916 g/mol. The molecule has 0 aliphatic carbocycles. The lowest BCUT2D eigenvalue weighted by Crippen LogP contribution is -2.40. The van der Waals surface area contributed by atoms with Gasteiger partial charge >= 0.3 is 66.2 Å². The third-order valence-corrected chi connectivity index (χ3v) is 7.44. The lowest BCUT2D eigenvalue weighted by atomic mass is 10.3. The maximum Gasteiger partial charge on any atom is 0.508 e. The first-order chi connectivity index (χ1) is 31.3. The predicted molar refractivity (Wildman–Crippen MR) is 210 cm³/mol. The average molecular weight is 975 g/mol. The summed E-state index contributed by atoms with van der Waals surface area (Å²) in [5.74, 6) is -6.83. The Balaban J connectivity index is 0.00000381. The van der Waals surface area contributed by atoms with Crippen LogP contribution in [0.25, 0.3) is 0 Å². The molecule has 0 aromatic carbocycles. The number of esters is 8. The molecule has 1 aliphatic heterocycles. The van der Waals surface area contributed by atoms with Crippen molar-refractivity contribution in [2.45, 2.75) is 130 Å². The highest BCUT2D eigenvalue weighted by Gasteiger charge is 2.32. The van der Waals surface area contributed by atoms with Crippen molar-refractivity contribution in [3.63, 3.8) is 0 Å². The molecule has 0 aromatic rings. The summed E-state index contributed by atoms with van der Waals surface area (Å²) >= 11 is 0. The number of cyclic esters (lactones) is 2. The molecule has 0 radical (unpaired) electrons. The van der Waals surface area contributed by atoms with Gasteiger partial charge in [0.2, 0.25) is 0 Å². The van der Waals surface area contributed by atoms with Gasteiger partial charge in [-0.1, -0.05) is 0 Å². The van der Waals surface area contributed by atoms with E-state index in [4.69, 9.17) is 58.0 Å². The van der Waals surface area contributed by atoms with E-state index in [1.807, 2.05) is 0 Å². The van der Waals surface area contributed by atoms with Crippen LogP contribution in [-0.4, -0.2) is 189 Å². The molecule has 0 spiro atoms. The molecule has 0 amide bonds. The molecule has 1 heterocycles. The topological polar surface area (TPSA) is 378 Å². The molecule has 67 heavy (non-hydrogen) atoms. The van der Waals surface area contributed by atoms with E-state index in [2.05, 4.69) is 23.7 Å². The van der Waals surface area contributed by atoms with Crippen molar-refractivity contribution in [3.8, 4) is 0 Å². The maximum atomic E-state index is 12.3. The number of aliphatic hydroxyl groups excluding tert-OH is 3. The van der Waals surface area contributed by atoms with Gasteiger partial charge in [-0.25, -0.2) is 52.7 Å². The van der Waals surface area contributed by atoms with Crippen molar-refractivity contribution >= 4 is 66.2 Å². The van der Waals surface area contributed by atoms with E-state index >= 15 is 0 Å². The van der Waals surface area contributed by atoms with Crippen molar-refractivity contribution in [3.05, 3.63) is 0 Å². The summed E-state index contributed by atoms with van der Waals surface area (Å²) in [6.07, 6.45) is -15.2. The summed E-state index contributed by atoms with van der Waals surface area (Å²) < 4.78 is 67.2. The van der Waals surface area contributed by atoms with Gasteiger partial charge in [0.25, 0.3) is 0 Å². The summed E-state index contributed by atoms with van der Waals surface area (Å²) in [4.78, 5) is 127. The summed E-state index contributed by atoms with van der Waals surface area (Å²) in [6.45, 7) is 6.80. The molecule has 28 heteroatoms. The smallest absolute Gasteiger partial charge is 0.463 e. The number of carbonyl (C=O) groups excluding carboxylic acids is 11. The lowest BCUT2D eigenvalue weighted by molar-refractivity contribution is -0.191. The molecule has 28 nitrogen and oxygen atoms in total. The van der Waals surface area contributed by atoms with Gasteiger partial charge < -0.3 is 81.6 Å². The van der Waals surface area contributed by atoms with Crippen LogP contribution in [0.4, 0.5) is 14.4 Å². The third kappa shape index (κ3) is 28.2. The van der Waals surface area contributed by atoms with Crippen molar-refractivity contribution in [2.75, 3.05) is 52.9 Å². The molecule has 1 rings (SSSR count). The minimum absolute atomic E-state index is 0.0188. The molecule has 9 atom stereocenters. The minimum atomic E-state index is -1.49. The SMILES string of the molecule is C[C@@H]1OC(=O)[C@H](C)OC1=O.C[C@H](O)C(=O)O[C@@H](C)C(=O)OCCCOC(=O)OCC(COC(=O)OCCCOC(=O)[C@@H](C)OC(=O)[C@@H](C)O)OC(=O)OCCCOC(=O)[C@@H](C)OC(=O)[C@@H](C)O. The van der Waals surface area contributed by atoms with Gasteiger partial charge in [0, 0.05) is 19.3 Å². The second-order valence-electron chi connectivity index (χ2n) is 13.6. The molecule has 382 valence electrons. The largest absolute Gasteiger partial charge is 0.508 e. The molecule has 1 unspecified atom stereocenters. The van der Waals surface area contributed by atoms with Crippen LogP contribution in [0.3, 0.4) is 0 Å². The Morgan fingerprint density at radius 1 is 0.418 bits per heavy atom. The Morgan fingerprint density at radius 3 is 0.970 bits per heavy atom. The highest BCUT2D eigenvalue weighted by atomic mass is 16.8. The molecule has 1 saturated heterocycles. The number of aliphatic hydroxyl groups is 3. The molecule has 1 fully saturated rings. The Morgan fingerprint density at radius 2 is 0.687 bits per heavy atom. The van der Waals surface area contributed by atoms with Gasteiger partial charge in [0.05, 0.1) is 39.6 Å². The molecule has 0 saturated carbocycles. The normalized spacial score (nSPS) is 17.1. The van der Waals surface area contributed by atoms with Crippen LogP contribution in [0.15, 0.2) is 0 Å². The number of hydrogen-bond acceptors (Lipinski definition) is 28. The van der Waals surface area contributed by atoms with Crippen LogP contribution in [0, 0.1) is 0 Å². The van der Waals surface area contributed by atoms with Crippen LogP contribution in [0.2, 0.25) is 0 Å². The van der Waals surface area contributed by atoms with Crippen LogP contribution in [0.5, 0.6) is 0 Å². The quantitative estimate of drug-likeness (QED) is 0.0554. The Kier molecular flexibility index (Phi) is 29.8. The number of rotatable bonds is 26. The van der Waals surface area contributed by atoms with E-state index in [1.165, 1.54) is 34.6 Å². The highest BCUT2D eigenvalue weighted by molar-refractivity contribution is 5.87. The molecule has 1 aliphatic rings. The van der Waals surface area contributed by atoms with Gasteiger partial charge in [-0.05, 0) is 55.4 Å². The number of ether oxygens (including phenoxy) is 14. The van der Waals surface area contributed by atoms with Crippen LogP contribution in [0.1, 0.15) is 74.7 Å². The summed E-state index contributed by atoms with van der Waals surface area (Å²) in [5, 5.41) is 27.4. The predicted octanol–water partition coefficient (Wildman–Crippen LogP) is -0.585. The second kappa shape index (κ2) is 33.0. The summed E-state index contributed by atoms with van der Waals surface area (Å²) in [6, 6.07) is 0. The second-order valence-corrected chi connectivity index (χ2v) is 13.6. The van der Waals surface area contributed by atoms with Gasteiger partial charge in [0.15, 0.2) is 36.6 Å². The number of hydrogen-bond donors (Lipinski definition) is 3. The van der Waals surface area contributed by atoms with E-state index in [0.29, 0.717) is 0 Å². The fourth-order valence-electron chi connectivity index (χ4n) is 3.80. The van der Waals surface area contributed by atoms with Crippen molar-refractivity contribution < 1.29 is 134 Å². The van der Waals surface area contributed by atoms with Gasteiger partial charge in [-0.15, -0.1) is 0 Å². The lowest BCUT2D eigenvalue weighted by Gasteiger charge is -2.22. The summed E-state index contributed by atoms with van der Waals surface area (Å²) in [5.41, 5.74) is 0. The standard InChI is InChI=1S/C33H50O24.C6H8O4/c1-18(34)25(37)54-21(4)28(40)46-10-7-13-49-31(43)52-16-24(57-33(45)51-15-9-12-48-30(42)23(6)56-27(39)20(3)36)17-53-32(44)50-14-8-11-47-29(41)22(5)55-26(38)19(2)35;1-3-5(7)10-4(2)6(8)9-3/h18-24,34-36H,7-17H2,1-6H3;3-4H,1-2H3/t18-,19+,20-,21-,22+,23-,24?;3-,4-/m10/s1. The first-order valence-electron chi connectivity index (χ1n) is 20.3. The molecule has 3 N–H and O–H groups in total. The molecule has 0 bridgehead atoms. The van der Waals surface area contributed by atoms with Crippen LogP contribution >= 0.6 is 0 Å². The highest BCUT2D eigenvalue weighted by Crippen LogP contribution is 2.09. The van der Waals surface area contributed by atoms with Crippen molar-refractivity contribution in [1.29, 1.82) is 0 Å². The van der Waals surface area contributed by atoms with Crippen molar-refractivity contribution in [2.24, 2.45) is 0 Å². The van der Waals surface area contributed by atoms with Gasteiger partial charge in [-0.3, -0.25) is 0 Å². The Labute approximate surface area is 382 Å². The molecular formula is C39H58O28. The first-order valence-corrected chi connectivity index (χ1v) is 20.3. The fourth-order valence-corrected chi connectivity index (χ4v) is 3.80. The van der Waals surface area contributed by atoms with Crippen LogP contribution in [-0.2, 0) is 105 Å². The summed E-state index contributed by atoms with van der Waals surface area (Å²) in [7, 11) is 0. The van der Waals surface area contributed by atoms with E-state index in [1.54, 1.807) is 0 Å². The van der Waals surface area contributed by atoms with Crippen LogP contribution < -0.4 is 0 Å². The Bertz CT molecular complexity index is 1550. The van der Waals surface area contributed by atoms with E-state index in [0.717, 1.165) is 20.8 Å². The zero-order valence-electron chi connectivity index (χ0n) is 38.0. The van der Waals surface area contributed by atoms with E-state index < -0.39 is 134 Å². The fraction of sp³-hybridized carbons (Fsp3) is 0.718. The van der Waals surface area contributed by atoms with Crippen molar-refractivity contribution in [1.82, 2.24) is 0 Å². The third-order valence-electron chi connectivity index (χ3n) is 7.44. The molecule has 0 aromatic heterocycles. The zero-order chi connectivity index (χ0) is 51.2. The van der Waals surface area contributed by atoms with Gasteiger partial charge in [0.1, 0.15) is 31.5 Å². The average Bonchev–Trinajstić information content (AvgIpc) is 3.25. The van der Waals surface area contributed by atoms with E-state index in [9.17, 15) is 52.7 Å².